The molecule has 0 bridgehead atoms. The monoisotopic (exact) mass is 236 g/mol. The van der Waals surface area contributed by atoms with E-state index in [0.717, 1.165) is 16.9 Å². The highest BCUT2D eigenvalue weighted by Crippen LogP contribution is 2.12. The second kappa shape index (κ2) is 5.14. The van der Waals surface area contributed by atoms with Gasteiger partial charge in [-0.2, -0.15) is 5.10 Å². The van der Waals surface area contributed by atoms with Crippen molar-refractivity contribution in [1.29, 1.82) is 0 Å². The number of benzene rings is 1. The molecule has 0 aliphatic rings. The minimum atomic E-state index is 0.435. The summed E-state index contributed by atoms with van der Waals surface area (Å²) >= 11 is 5.71. The third kappa shape index (κ3) is 2.43. The van der Waals surface area contributed by atoms with E-state index in [1.807, 2.05) is 35.1 Å². The number of alkyl halides is 1. The molecule has 0 N–H and O–H groups in total. The molecule has 1 heterocycles. The summed E-state index contributed by atoms with van der Waals surface area (Å²) in [5.41, 5.74) is 3.02. The van der Waals surface area contributed by atoms with Crippen molar-refractivity contribution in [3.63, 3.8) is 0 Å². The fraction of sp³-hybridized carbons (Fsp3) is 0.250. The molecule has 2 aromatic rings. The number of aromatic nitrogens is 2. The Hall–Kier alpha value is -1.32. The van der Waals surface area contributed by atoms with Crippen LogP contribution >= 0.6 is 11.6 Å². The number of methoxy groups -OCH3 is 1. The van der Waals surface area contributed by atoms with Gasteiger partial charge in [0.2, 0.25) is 0 Å². The largest absolute Gasteiger partial charge is 0.380 e. The Bertz CT molecular complexity index is 468. The Morgan fingerprint density at radius 1 is 1.38 bits per heavy atom. The summed E-state index contributed by atoms with van der Waals surface area (Å²) in [7, 11) is 1.69. The maximum Gasteiger partial charge on any atom is 0.0776 e. The Labute approximate surface area is 99.6 Å². The van der Waals surface area contributed by atoms with Crippen LogP contribution in [0.15, 0.2) is 36.5 Å². The average molecular weight is 237 g/mol. The van der Waals surface area contributed by atoms with E-state index in [9.17, 15) is 0 Å². The van der Waals surface area contributed by atoms with Crippen molar-refractivity contribution in [1.82, 2.24) is 9.78 Å². The molecule has 2 rings (SSSR count). The molecular weight excluding hydrogens is 224 g/mol. The van der Waals surface area contributed by atoms with Gasteiger partial charge in [0.1, 0.15) is 0 Å². The first-order chi connectivity index (χ1) is 7.83. The quantitative estimate of drug-likeness (QED) is 0.764. The van der Waals surface area contributed by atoms with Crippen LogP contribution in [-0.2, 0) is 17.2 Å². The van der Waals surface area contributed by atoms with E-state index in [0.29, 0.717) is 12.5 Å². The summed E-state index contributed by atoms with van der Waals surface area (Å²) < 4.78 is 6.91. The van der Waals surface area contributed by atoms with Crippen LogP contribution in [0.4, 0.5) is 0 Å². The highest BCUT2D eigenvalue weighted by atomic mass is 35.5. The number of hydrogen-bond donors (Lipinski definition) is 0. The molecule has 1 aromatic carbocycles. The number of rotatable bonds is 4. The summed E-state index contributed by atoms with van der Waals surface area (Å²) in [6.45, 7) is 0.609. The molecule has 0 unspecified atom stereocenters. The zero-order valence-corrected chi connectivity index (χ0v) is 9.81. The first-order valence-electron chi connectivity index (χ1n) is 5.02. The van der Waals surface area contributed by atoms with Crippen molar-refractivity contribution in [3.05, 3.63) is 47.8 Å². The fourth-order valence-corrected chi connectivity index (χ4v) is 1.67. The third-order valence-corrected chi connectivity index (χ3v) is 2.54. The van der Waals surface area contributed by atoms with Crippen LogP contribution in [0.25, 0.3) is 5.69 Å². The summed E-state index contributed by atoms with van der Waals surface area (Å²) in [5, 5.41) is 4.34. The van der Waals surface area contributed by atoms with Crippen molar-refractivity contribution in [2.75, 3.05) is 7.11 Å². The number of halogens is 1. The van der Waals surface area contributed by atoms with Crippen LogP contribution in [-0.4, -0.2) is 16.9 Å². The molecule has 0 radical (unpaired) electrons. The molecular formula is C12H13ClN2O. The Kier molecular flexibility index (Phi) is 3.59. The van der Waals surface area contributed by atoms with Gasteiger partial charge in [0.25, 0.3) is 0 Å². The van der Waals surface area contributed by atoms with Crippen molar-refractivity contribution in [2.45, 2.75) is 12.5 Å². The summed E-state index contributed by atoms with van der Waals surface area (Å²) in [6, 6.07) is 9.99. The number of hydrogen-bond acceptors (Lipinski definition) is 2. The highest BCUT2D eigenvalue weighted by molar-refractivity contribution is 6.16. The molecule has 0 amide bonds. The molecule has 1 aromatic heterocycles. The average Bonchev–Trinajstić information content (AvgIpc) is 2.78. The maximum absolute atomic E-state index is 5.71. The van der Waals surface area contributed by atoms with Gasteiger partial charge in [-0.3, -0.25) is 0 Å². The molecule has 0 fully saturated rings. The van der Waals surface area contributed by atoms with Gasteiger partial charge in [-0.25, -0.2) is 4.68 Å². The van der Waals surface area contributed by atoms with Gasteiger partial charge in [0.05, 0.1) is 23.9 Å². The number of nitrogens with zero attached hydrogens (tertiary/aromatic N) is 2. The van der Waals surface area contributed by atoms with Crippen molar-refractivity contribution < 1.29 is 4.74 Å². The first-order valence-corrected chi connectivity index (χ1v) is 5.55. The van der Waals surface area contributed by atoms with Crippen LogP contribution in [0.3, 0.4) is 0 Å². The SMILES string of the molecule is COCc1cccc(-n2ccc(CCl)n2)c1. The first kappa shape index (κ1) is 11.2. The second-order valence-corrected chi connectivity index (χ2v) is 3.76. The van der Waals surface area contributed by atoms with E-state index >= 15 is 0 Å². The fourth-order valence-electron chi connectivity index (χ4n) is 1.53. The van der Waals surface area contributed by atoms with E-state index in [4.69, 9.17) is 16.3 Å². The van der Waals surface area contributed by atoms with E-state index < -0.39 is 0 Å². The molecule has 0 saturated heterocycles. The molecule has 3 nitrogen and oxygen atoms in total. The topological polar surface area (TPSA) is 27.1 Å². The Morgan fingerprint density at radius 2 is 2.25 bits per heavy atom. The molecule has 0 aliphatic heterocycles. The predicted octanol–water partition coefficient (Wildman–Crippen LogP) is 2.76. The third-order valence-electron chi connectivity index (χ3n) is 2.27. The number of ether oxygens (including phenoxy) is 1. The minimum Gasteiger partial charge on any atom is -0.380 e. The van der Waals surface area contributed by atoms with Gasteiger partial charge in [-0.15, -0.1) is 11.6 Å². The lowest BCUT2D eigenvalue weighted by Crippen LogP contribution is -1.97. The molecule has 84 valence electrons. The molecule has 0 atom stereocenters. The predicted molar refractivity (Wildman–Crippen MR) is 63.8 cm³/mol. The van der Waals surface area contributed by atoms with Gasteiger partial charge >= 0.3 is 0 Å². The van der Waals surface area contributed by atoms with Crippen LogP contribution in [0.2, 0.25) is 0 Å². The summed E-state index contributed by atoms with van der Waals surface area (Å²) in [4.78, 5) is 0. The van der Waals surface area contributed by atoms with Crippen molar-refractivity contribution >= 4 is 11.6 Å². The lowest BCUT2D eigenvalue weighted by atomic mass is 10.2. The smallest absolute Gasteiger partial charge is 0.0776 e. The molecule has 0 aliphatic carbocycles. The van der Waals surface area contributed by atoms with Crippen LogP contribution in [0.1, 0.15) is 11.3 Å². The van der Waals surface area contributed by atoms with Crippen LogP contribution in [0.5, 0.6) is 0 Å². The van der Waals surface area contributed by atoms with E-state index in [2.05, 4.69) is 11.2 Å². The van der Waals surface area contributed by atoms with E-state index in [-0.39, 0.29) is 0 Å². The maximum atomic E-state index is 5.71. The Balaban J connectivity index is 2.28. The highest BCUT2D eigenvalue weighted by Gasteiger charge is 2.01. The van der Waals surface area contributed by atoms with Crippen LogP contribution < -0.4 is 0 Å². The molecule has 0 spiro atoms. The molecule has 0 saturated carbocycles. The van der Waals surface area contributed by atoms with Gasteiger partial charge < -0.3 is 4.74 Å². The van der Waals surface area contributed by atoms with Crippen molar-refractivity contribution in [3.8, 4) is 5.69 Å². The van der Waals surface area contributed by atoms with E-state index in [1.54, 1.807) is 7.11 Å². The second-order valence-electron chi connectivity index (χ2n) is 3.49. The zero-order valence-electron chi connectivity index (χ0n) is 9.06. The normalized spacial score (nSPS) is 10.6. The molecule has 4 heteroatoms. The molecule has 16 heavy (non-hydrogen) atoms. The van der Waals surface area contributed by atoms with Gasteiger partial charge in [-0.05, 0) is 23.8 Å². The van der Waals surface area contributed by atoms with Gasteiger partial charge in [-0.1, -0.05) is 12.1 Å². The van der Waals surface area contributed by atoms with E-state index in [1.165, 1.54) is 0 Å². The standard InChI is InChI=1S/C12H13ClN2O/c1-16-9-10-3-2-4-12(7-10)15-6-5-11(8-13)14-15/h2-7H,8-9H2,1H3. The van der Waals surface area contributed by atoms with Gasteiger partial charge in [0.15, 0.2) is 0 Å². The zero-order chi connectivity index (χ0) is 11.4. The summed E-state index contributed by atoms with van der Waals surface area (Å²) in [5.74, 6) is 0.435. The lowest BCUT2D eigenvalue weighted by Gasteiger charge is -2.04. The lowest BCUT2D eigenvalue weighted by molar-refractivity contribution is 0.185. The Morgan fingerprint density at radius 3 is 2.94 bits per heavy atom. The van der Waals surface area contributed by atoms with Crippen LogP contribution in [0, 0.1) is 0 Å². The van der Waals surface area contributed by atoms with Gasteiger partial charge in [0, 0.05) is 13.3 Å². The minimum absolute atomic E-state index is 0.435. The summed E-state index contributed by atoms with van der Waals surface area (Å²) in [6.07, 6.45) is 1.91. The van der Waals surface area contributed by atoms with Crippen molar-refractivity contribution in [2.24, 2.45) is 0 Å².